The van der Waals surface area contributed by atoms with Crippen molar-refractivity contribution in [2.75, 3.05) is 26.7 Å². The second-order valence-corrected chi connectivity index (χ2v) is 4.54. The second kappa shape index (κ2) is 6.08. The normalized spacial score (nSPS) is 27.9. The van der Waals surface area contributed by atoms with Gasteiger partial charge in [0, 0.05) is 19.1 Å². The minimum absolute atomic E-state index is 0.220. The van der Waals surface area contributed by atoms with Gasteiger partial charge in [0.2, 0.25) is 5.91 Å². The number of rotatable bonds is 5. The Morgan fingerprint density at radius 2 is 2.27 bits per heavy atom. The maximum absolute atomic E-state index is 10.9. The molecule has 1 amide bonds. The lowest BCUT2D eigenvalue weighted by Gasteiger charge is -2.37. The highest BCUT2D eigenvalue weighted by molar-refractivity contribution is 5.75. The van der Waals surface area contributed by atoms with Crippen LogP contribution in [0.15, 0.2) is 0 Å². The molecule has 15 heavy (non-hydrogen) atoms. The van der Waals surface area contributed by atoms with Gasteiger partial charge < -0.3 is 11.1 Å². The van der Waals surface area contributed by atoms with Gasteiger partial charge in [0.15, 0.2) is 0 Å². The zero-order valence-electron chi connectivity index (χ0n) is 9.83. The van der Waals surface area contributed by atoms with E-state index in [4.69, 9.17) is 5.73 Å². The van der Waals surface area contributed by atoms with Crippen LogP contribution in [0.25, 0.3) is 0 Å². The van der Waals surface area contributed by atoms with Crippen molar-refractivity contribution < 1.29 is 4.79 Å². The molecule has 1 aliphatic heterocycles. The molecular formula is C11H23N3O. The summed E-state index contributed by atoms with van der Waals surface area (Å²) in [5.41, 5.74) is 5.23. The van der Waals surface area contributed by atoms with Gasteiger partial charge in [-0.2, -0.15) is 0 Å². The van der Waals surface area contributed by atoms with Crippen molar-refractivity contribution in [2.24, 2.45) is 11.7 Å². The van der Waals surface area contributed by atoms with E-state index in [1.807, 2.05) is 7.05 Å². The SMILES string of the molecule is CCCC1CC(NC)CN(CC(N)=O)C1. The number of hydrogen-bond acceptors (Lipinski definition) is 3. The van der Waals surface area contributed by atoms with Gasteiger partial charge in [0.1, 0.15) is 0 Å². The van der Waals surface area contributed by atoms with E-state index in [1.54, 1.807) is 0 Å². The predicted molar refractivity (Wildman–Crippen MR) is 61.5 cm³/mol. The van der Waals surface area contributed by atoms with Crippen LogP contribution in [0.1, 0.15) is 26.2 Å². The Bertz CT molecular complexity index is 208. The highest BCUT2D eigenvalue weighted by Gasteiger charge is 2.26. The van der Waals surface area contributed by atoms with E-state index in [2.05, 4.69) is 17.1 Å². The monoisotopic (exact) mass is 213 g/mol. The molecule has 0 saturated carbocycles. The first-order valence-corrected chi connectivity index (χ1v) is 5.83. The number of primary amides is 1. The number of piperidine rings is 1. The van der Waals surface area contributed by atoms with E-state index in [9.17, 15) is 4.79 Å². The topological polar surface area (TPSA) is 58.4 Å². The Kier molecular flexibility index (Phi) is 5.05. The summed E-state index contributed by atoms with van der Waals surface area (Å²) >= 11 is 0. The van der Waals surface area contributed by atoms with Crippen LogP contribution >= 0.6 is 0 Å². The Hall–Kier alpha value is -0.610. The van der Waals surface area contributed by atoms with Crippen LogP contribution in [-0.4, -0.2) is 43.5 Å². The lowest BCUT2D eigenvalue weighted by atomic mass is 9.90. The molecule has 2 unspecified atom stereocenters. The summed E-state index contributed by atoms with van der Waals surface area (Å²) in [5.74, 6) is 0.488. The summed E-state index contributed by atoms with van der Waals surface area (Å²) < 4.78 is 0. The third kappa shape index (κ3) is 4.18. The molecule has 1 aliphatic rings. The average molecular weight is 213 g/mol. The molecule has 1 saturated heterocycles. The molecule has 0 radical (unpaired) electrons. The number of nitrogens with zero attached hydrogens (tertiary/aromatic N) is 1. The third-order valence-electron chi connectivity index (χ3n) is 3.10. The number of amides is 1. The van der Waals surface area contributed by atoms with Crippen LogP contribution in [0.3, 0.4) is 0 Å². The molecular weight excluding hydrogens is 190 g/mol. The minimum Gasteiger partial charge on any atom is -0.369 e. The zero-order valence-corrected chi connectivity index (χ0v) is 9.83. The molecule has 1 heterocycles. The van der Waals surface area contributed by atoms with E-state index in [-0.39, 0.29) is 5.91 Å². The lowest BCUT2D eigenvalue weighted by Crippen LogP contribution is -2.50. The summed E-state index contributed by atoms with van der Waals surface area (Å²) in [6.07, 6.45) is 3.68. The molecule has 1 fully saturated rings. The Morgan fingerprint density at radius 3 is 2.80 bits per heavy atom. The van der Waals surface area contributed by atoms with E-state index in [0.717, 1.165) is 13.1 Å². The first-order chi connectivity index (χ1) is 7.15. The molecule has 0 bridgehead atoms. The lowest BCUT2D eigenvalue weighted by molar-refractivity contribution is -0.119. The van der Waals surface area contributed by atoms with Crippen molar-refractivity contribution in [1.82, 2.24) is 10.2 Å². The largest absolute Gasteiger partial charge is 0.369 e. The number of carbonyl (C=O) groups is 1. The Balaban J connectivity index is 2.46. The van der Waals surface area contributed by atoms with E-state index >= 15 is 0 Å². The van der Waals surface area contributed by atoms with Crippen molar-refractivity contribution >= 4 is 5.91 Å². The zero-order chi connectivity index (χ0) is 11.3. The molecule has 2 atom stereocenters. The van der Waals surface area contributed by atoms with Crippen molar-refractivity contribution in [1.29, 1.82) is 0 Å². The van der Waals surface area contributed by atoms with Crippen LogP contribution in [0, 0.1) is 5.92 Å². The molecule has 4 nitrogen and oxygen atoms in total. The van der Waals surface area contributed by atoms with E-state index in [1.165, 1.54) is 19.3 Å². The maximum atomic E-state index is 10.9. The van der Waals surface area contributed by atoms with E-state index in [0.29, 0.717) is 18.5 Å². The molecule has 88 valence electrons. The van der Waals surface area contributed by atoms with Crippen molar-refractivity contribution in [2.45, 2.75) is 32.2 Å². The molecule has 0 aliphatic carbocycles. The van der Waals surface area contributed by atoms with Crippen LogP contribution in [0.2, 0.25) is 0 Å². The Labute approximate surface area is 92.2 Å². The number of hydrogen-bond donors (Lipinski definition) is 2. The molecule has 0 aromatic carbocycles. The van der Waals surface area contributed by atoms with Crippen LogP contribution < -0.4 is 11.1 Å². The van der Waals surface area contributed by atoms with Crippen molar-refractivity contribution in [3.8, 4) is 0 Å². The molecule has 1 rings (SSSR count). The standard InChI is InChI=1S/C11H23N3O/c1-3-4-9-5-10(13-2)7-14(6-9)8-11(12)15/h9-10,13H,3-8H2,1-2H3,(H2,12,15). The highest BCUT2D eigenvalue weighted by atomic mass is 16.1. The summed E-state index contributed by atoms with van der Waals surface area (Å²) in [4.78, 5) is 13.1. The maximum Gasteiger partial charge on any atom is 0.231 e. The fraction of sp³-hybridized carbons (Fsp3) is 0.909. The number of carbonyl (C=O) groups excluding carboxylic acids is 1. The highest BCUT2D eigenvalue weighted by Crippen LogP contribution is 2.20. The van der Waals surface area contributed by atoms with Gasteiger partial charge in [0.05, 0.1) is 6.54 Å². The number of nitrogens with one attached hydrogen (secondary N) is 1. The van der Waals surface area contributed by atoms with Crippen LogP contribution in [-0.2, 0) is 4.79 Å². The number of likely N-dealkylation sites (tertiary alicyclic amines) is 1. The van der Waals surface area contributed by atoms with E-state index < -0.39 is 0 Å². The molecule has 0 aromatic rings. The van der Waals surface area contributed by atoms with Gasteiger partial charge in [-0.1, -0.05) is 13.3 Å². The molecule has 3 N–H and O–H groups in total. The van der Waals surface area contributed by atoms with Gasteiger partial charge >= 0.3 is 0 Å². The average Bonchev–Trinajstić information content (AvgIpc) is 2.16. The van der Waals surface area contributed by atoms with Gasteiger partial charge in [0.25, 0.3) is 0 Å². The summed E-state index contributed by atoms with van der Waals surface area (Å²) in [7, 11) is 1.99. The second-order valence-electron chi connectivity index (χ2n) is 4.54. The predicted octanol–water partition coefficient (Wildman–Crippen LogP) is 0.182. The smallest absolute Gasteiger partial charge is 0.231 e. The quantitative estimate of drug-likeness (QED) is 0.685. The molecule has 0 spiro atoms. The van der Waals surface area contributed by atoms with Gasteiger partial charge in [-0.15, -0.1) is 0 Å². The van der Waals surface area contributed by atoms with Crippen molar-refractivity contribution in [3.63, 3.8) is 0 Å². The van der Waals surface area contributed by atoms with Gasteiger partial charge in [-0.05, 0) is 25.8 Å². The van der Waals surface area contributed by atoms with Crippen molar-refractivity contribution in [3.05, 3.63) is 0 Å². The summed E-state index contributed by atoms with van der Waals surface area (Å²) in [6, 6.07) is 0.509. The Morgan fingerprint density at radius 1 is 1.53 bits per heavy atom. The third-order valence-corrected chi connectivity index (χ3v) is 3.10. The molecule has 0 aromatic heterocycles. The van der Waals surface area contributed by atoms with Gasteiger partial charge in [-0.3, -0.25) is 9.69 Å². The number of nitrogens with two attached hydrogens (primary N) is 1. The molecule has 4 heteroatoms. The minimum atomic E-state index is -0.220. The van der Waals surface area contributed by atoms with Crippen LogP contribution in [0.4, 0.5) is 0 Å². The van der Waals surface area contributed by atoms with Gasteiger partial charge in [-0.25, -0.2) is 0 Å². The first kappa shape index (κ1) is 12.5. The first-order valence-electron chi connectivity index (χ1n) is 5.83. The fourth-order valence-corrected chi connectivity index (χ4v) is 2.48. The summed E-state index contributed by atoms with van der Waals surface area (Å²) in [5, 5.41) is 3.30. The fourth-order valence-electron chi connectivity index (χ4n) is 2.48. The van der Waals surface area contributed by atoms with Crippen LogP contribution in [0.5, 0.6) is 0 Å². The summed E-state index contributed by atoms with van der Waals surface area (Å²) in [6.45, 7) is 4.58. The number of likely N-dealkylation sites (N-methyl/N-ethyl adjacent to an activating group) is 1.